The van der Waals surface area contributed by atoms with Gasteiger partial charge in [0.05, 0.1) is 0 Å². The van der Waals surface area contributed by atoms with Crippen molar-refractivity contribution in [2.45, 2.75) is 51.0 Å². The van der Waals surface area contributed by atoms with E-state index in [2.05, 4.69) is 14.9 Å². The van der Waals surface area contributed by atoms with Gasteiger partial charge in [-0.15, -0.1) is 0 Å². The lowest BCUT2D eigenvalue weighted by Crippen LogP contribution is -2.49. The van der Waals surface area contributed by atoms with Gasteiger partial charge in [0.15, 0.2) is 0 Å². The summed E-state index contributed by atoms with van der Waals surface area (Å²) in [5.74, 6) is 0.898. The lowest BCUT2D eigenvalue weighted by Gasteiger charge is -2.44. The Morgan fingerprint density at radius 1 is 1.29 bits per heavy atom. The smallest absolute Gasteiger partial charge is 0.222 e. The quantitative estimate of drug-likeness (QED) is 0.422. The topological polar surface area (TPSA) is 69.1 Å². The fourth-order valence-corrected chi connectivity index (χ4v) is 3.27. The molecule has 1 saturated carbocycles. The highest BCUT2D eigenvalue weighted by molar-refractivity contribution is 5.76. The average molecular weight is 236 g/mol. The molecule has 2 fully saturated rings. The molecule has 0 aromatic heterocycles. The molecule has 0 aromatic carbocycles. The molecule has 1 aliphatic carbocycles. The third-order valence-corrected chi connectivity index (χ3v) is 4.05. The zero-order chi connectivity index (χ0) is 12.1. The number of amides is 1. The largest absolute Gasteiger partial charge is 0.339 e. The van der Waals surface area contributed by atoms with E-state index in [9.17, 15) is 4.79 Å². The maximum absolute atomic E-state index is 12.1. The first kappa shape index (κ1) is 12.2. The second-order valence-electron chi connectivity index (χ2n) is 5.05. The van der Waals surface area contributed by atoms with Crippen molar-refractivity contribution in [3.05, 3.63) is 10.4 Å². The second-order valence-corrected chi connectivity index (χ2v) is 5.05. The fourth-order valence-electron chi connectivity index (χ4n) is 3.27. The van der Waals surface area contributed by atoms with Gasteiger partial charge < -0.3 is 4.90 Å². The molecule has 17 heavy (non-hydrogen) atoms. The number of piperidine rings is 1. The van der Waals surface area contributed by atoms with Gasteiger partial charge >= 0.3 is 0 Å². The molecule has 5 heteroatoms. The summed E-state index contributed by atoms with van der Waals surface area (Å²) < 4.78 is 0. The van der Waals surface area contributed by atoms with E-state index in [0.717, 1.165) is 25.3 Å². The van der Waals surface area contributed by atoms with Crippen LogP contribution in [0.25, 0.3) is 10.4 Å². The van der Waals surface area contributed by atoms with E-state index in [1.54, 1.807) is 0 Å². The molecular weight excluding hydrogens is 216 g/mol. The van der Waals surface area contributed by atoms with Crippen molar-refractivity contribution in [1.82, 2.24) is 4.90 Å². The monoisotopic (exact) mass is 236 g/mol. The number of fused-ring (bicyclic) bond motifs is 1. The van der Waals surface area contributed by atoms with Gasteiger partial charge in [-0.25, -0.2) is 0 Å². The Morgan fingerprint density at radius 2 is 2.06 bits per heavy atom. The van der Waals surface area contributed by atoms with Gasteiger partial charge in [-0.05, 0) is 37.1 Å². The van der Waals surface area contributed by atoms with E-state index in [4.69, 9.17) is 5.53 Å². The Hall–Kier alpha value is -1.22. The van der Waals surface area contributed by atoms with Gasteiger partial charge in [0, 0.05) is 30.5 Å². The molecule has 2 atom stereocenters. The molecule has 94 valence electrons. The van der Waals surface area contributed by atoms with E-state index in [1.807, 2.05) is 0 Å². The number of hydrogen-bond donors (Lipinski definition) is 0. The molecule has 5 nitrogen and oxygen atoms in total. The first-order valence-electron chi connectivity index (χ1n) is 6.63. The molecule has 0 radical (unpaired) electrons. The fraction of sp³-hybridized carbons (Fsp3) is 0.917. The van der Waals surface area contributed by atoms with Gasteiger partial charge in [0.25, 0.3) is 0 Å². The highest BCUT2D eigenvalue weighted by atomic mass is 16.2. The van der Waals surface area contributed by atoms with Gasteiger partial charge in [-0.1, -0.05) is 18.0 Å². The molecule has 1 saturated heterocycles. The summed E-state index contributed by atoms with van der Waals surface area (Å²) in [6.45, 7) is 1.19. The minimum Gasteiger partial charge on any atom is -0.339 e. The summed E-state index contributed by atoms with van der Waals surface area (Å²) in [5.41, 5.74) is 8.21. The summed E-state index contributed by atoms with van der Waals surface area (Å²) in [6, 6.07) is 0.469. The van der Waals surface area contributed by atoms with Crippen LogP contribution in [0.3, 0.4) is 0 Å². The summed E-state index contributed by atoms with van der Waals surface area (Å²) in [4.78, 5) is 16.8. The van der Waals surface area contributed by atoms with Gasteiger partial charge in [-0.2, -0.15) is 0 Å². The van der Waals surface area contributed by atoms with Crippen LogP contribution in [0.2, 0.25) is 0 Å². The summed E-state index contributed by atoms with van der Waals surface area (Å²) >= 11 is 0. The highest BCUT2D eigenvalue weighted by Gasteiger charge is 2.35. The normalized spacial score (nSPS) is 28.1. The molecule has 0 N–H and O–H groups in total. The standard InChI is InChI=1S/C12H20N4O/c13-15-14-8-7-12(17)16-9-3-5-10-4-1-2-6-11(10)16/h10-11H,1-9H2. The molecular formula is C12H20N4O. The van der Waals surface area contributed by atoms with Crippen molar-refractivity contribution < 1.29 is 4.79 Å². The second kappa shape index (κ2) is 5.92. The number of rotatable bonds is 3. The lowest BCUT2D eigenvalue weighted by molar-refractivity contribution is -0.137. The first-order chi connectivity index (χ1) is 8.33. The zero-order valence-electron chi connectivity index (χ0n) is 10.2. The molecule has 0 bridgehead atoms. The third-order valence-electron chi connectivity index (χ3n) is 4.05. The lowest BCUT2D eigenvalue weighted by atomic mass is 9.78. The molecule has 0 aromatic rings. The molecule has 1 aliphatic heterocycles. The van der Waals surface area contributed by atoms with Gasteiger partial charge in [-0.3, -0.25) is 4.79 Å². The minimum atomic E-state index is 0.175. The number of nitrogens with zero attached hydrogens (tertiary/aromatic N) is 4. The average Bonchev–Trinajstić information content (AvgIpc) is 2.38. The zero-order valence-corrected chi connectivity index (χ0v) is 10.2. The molecule has 1 amide bonds. The highest BCUT2D eigenvalue weighted by Crippen LogP contribution is 2.35. The van der Waals surface area contributed by atoms with E-state index in [1.165, 1.54) is 25.7 Å². The van der Waals surface area contributed by atoms with E-state index in [-0.39, 0.29) is 5.91 Å². The van der Waals surface area contributed by atoms with Crippen LogP contribution in [-0.4, -0.2) is 29.9 Å². The van der Waals surface area contributed by atoms with Gasteiger partial charge in [0.2, 0.25) is 5.91 Å². The van der Waals surface area contributed by atoms with E-state index < -0.39 is 0 Å². The Bertz CT molecular complexity index is 322. The van der Waals surface area contributed by atoms with E-state index in [0.29, 0.717) is 19.0 Å². The predicted octanol–water partition coefficient (Wildman–Crippen LogP) is 2.87. The Morgan fingerprint density at radius 3 is 2.88 bits per heavy atom. The van der Waals surface area contributed by atoms with Crippen molar-refractivity contribution in [2.75, 3.05) is 13.1 Å². The SMILES string of the molecule is [N-]=[N+]=NCCC(=O)N1CCCC2CCCCC21. The van der Waals surface area contributed by atoms with Crippen molar-refractivity contribution >= 4 is 5.91 Å². The summed E-state index contributed by atoms with van der Waals surface area (Å²) in [7, 11) is 0. The van der Waals surface area contributed by atoms with Crippen molar-refractivity contribution in [3.8, 4) is 0 Å². The Balaban J connectivity index is 1.93. The summed E-state index contributed by atoms with van der Waals surface area (Å²) in [6.07, 6.45) is 7.80. The number of likely N-dealkylation sites (tertiary alicyclic amines) is 1. The van der Waals surface area contributed by atoms with Crippen LogP contribution in [-0.2, 0) is 4.79 Å². The predicted molar refractivity (Wildman–Crippen MR) is 65.3 cm³/mol. The van der Waals surface area contributed by atoms with Crippen LogP contribution in [0.15, 0.2) is 5.11 Å². The van der Waals surface area contributed by atoms with Crippen molar-refractivity contribution in [2.24, 2.45) is 11.0 Å². The number of carbonyl (C=O) groups excluding carboxylic acids is 1. The number of hydrogen-bond acceptors (Lipinski definition) is 2. The molecule has 2 aliphatic rings. The van der Waals surface area contributed by atoms with Crippen LogP contribution < -0.4 is 0 Å². The van der Waals surface area contributed by atoms with Crippen LogP contribution in [0.1, 0.15) is 44.9 Å². The molecule has 2 unspecified atom stereocenters. The van der Waals surface area contributed by atoms with Crippen LogP contribution in [0, 0.1) is 5.92 Å². The first-order valence-corrected chi connectivity index (χ1v) is 6.63. The molecule has 0 spiro atoms. The van der Waals surface area contributed by atoms with E-state index >= 15 is 0 Å². The summed E-state index contributed by atoms with van der Waals surface area (Å²) in [5, 5.41) is 3.44. The van der Waals surface area contributed by atoms with Crippen molar-refractivity contribution in [3.63, 3.8) is 0 Å². The number of azide groups is 1. The van der Waals surface area contributed by atoms with Crippen LogP contribution in [0.5, 0.6) is 0 Å². The maximum atomic E-state index is 12.1. The Labute approximate surface area is 102 Å². The molecule has 1 heterocycles. The Kier molecular flexibility index (Phi) is 4.26. The van der Waals surface area contributed by atoms with Crippen LogP contribution >= 0.6 is 0 Å². The molecule has 2 rings (SSSR count). The van der Waals surface area contributed by atoms with Gasteiger partial charge in [0.1, 0.15) is 0 Å². The maximum Gasteiger partial charge on any atom is 0.222 e. The minimum absolute atomic E-state index is 0.175. The van der Waals surface area contributed by atoms with Crippen LogP contribution in [0.4, 0.5) is 0 Å². The number of carbonyl (C=O) groups is 1. The van der Waals surface area contributed by atoms with Crippen molar-refractivity contribution in [1.29, 1.82) is 0 Å². The third kappa shape index (κ3) is 2.91.